The minimum Gasteiger partial charge on any atom is -0.345 e. The van der Waals surface area contributed by atoms with Gasteiger partial charge in [0.2, 0.25) is 0 Å². The Balaban J connectivity index is 2.42. The van der Waals surface area contributed by atoms with Crippen molar-refractivity contribution in [2.24, 2.45) is 0 Å². The molecule has 0 atom stereocenters. The topological polar surface area (TPSA) is 65.4 Å². The third-order valence-corrected chi connectivity index (χ3v) is 2.12. The molecule has 0 amide bonds. The summed E-state index contributed by atoms with van der Waals surface area (Å²) in [6, 6.07) is 5.89. The van der Waals surface area contributed by atoms with Crippen molar-refractivity contribution in [1.82, 2.24) is 15.0 Å². The number of nitriles is 1. The molecular weight excluding hydrogens is 188 g/mol. The molecule has 2 heterocycles. The zero-order chi connectivity index (χ0) is 10.7. The molecular formula is C11H10N4. The van der Waals surface area contributed by atoms with Crippen LogP contribution in [0.1, 0.15) is 11.5 Å². The number of aromatic nitrogens is 3. The summed E-state index contributed by atoms with van der Waals surface area (Å²) >= 11 is 0. The first-order chi connectivity index (χ1) is 7.31. The molecule has 0 aliphatic rings. The number of pyridine rings is 1. The van der Waals surface area contributed by atoms with Crippen molar-refractivity contribution in [3.05, 3.63) is 36.0 Å². The van der Waals surface area contributed by atoms with Crippen molar-refractivity contribution in [3.8, 4) is 17.3 Å². The number of aryl methyl sites for hydroxylation is 1. The van der Waals surface area contributed by atoms with Gasteiger partial charge in [-0.15, -0.1) is 0 Å². The van der Waals surface area contributed by atoms with Gasteiger partial charge in [0.15, 0.2) is 0 Å². The second-order valence-electron chi connectivity index (χ2n) is 3.23. The standard InChI is InChI=1S/C11H10N4/c1-8-11(9-3-2-6-13-7-9)15-10(14-8)4-5-12/h2-3,6-7H,4H2,1H3,(H,14,15). The Morgan fingerprint density at radius 2 is 2.40 bits per heavy atom. The Morgan fingerprint density at radius 1 is 1.53 bits per heavy atom. The summed E-state index contributed by atoms with van der Waals surface area (Å²) in [4.78, 5) is 11.5. The first kappa shape index (κ1) is 9.41. The van der Waals surface area contributed by atoms with Crippen molar-refractivity contribution in [2.75, 3.05) is 0 Å². The third-order valence-electron chi connectivity index (χ3n) is 2.12. The summed E-state index contributed by atoms with van der Waals surface area (Å²) in [5.41, 5.74) is 2.80. The van der Waals surface area contributed by atoms with Crippen LogP contribution in [0.5, 0.6) is 0 Å². The van der Waals surface area contributed by atoms with E-state index in [0.29, 0.717) is 12.2 Å². The molecule has 2 aromatic heterocycles. The van der Waals surface area contributed by atoms with Crippen LogP contribution in [-0.2, 0) is 6.42 Å². The Labute approximate surface area is 87.6 Å². The summed E-state index contributed by atoms with van der Waals surface area (Å²) in [5, 5.41) is 8.57. The maximum Gasteiger partial charge on any atom is 0.121 e. The molecule has 0 aromatic carbocycles. The maximum absolute atomic E-state index is 8.57. The van der Waals surface area contributed by atoms with Crippen LogP contribution in [0.2, 0.25) is 0 Å². The summed E-state index contributed by atoms with van der Waals surface area (Å²) < 4.78 is 0. The minimum absolute atomic E-state index is 0.307. The highest BCUT2D eigenvalue weighted by Crippen LogP contribution is 2.19. The highest BCUT2D eigenvalue weighted by molar-refractivity contribution is 5.60. The van der Waals surface area contributed by atoms with E-state index in [2.05, 4.69) is 21.0 Å². The van der Waals surface area contributed by atoms with Crippen molar-refractivity contribution < 1.29 is 0 Å². The molecule has 0 aliphatic carbocycles. The SMILES string of the molecule is Cc1[nH]c(CC#N)nc1-c1cccnc1. The van der Waals surface area contributed by atoms with Crippen molar-refractivity contribution in [1.29, 1.82) is 5.26 Å². The highest BCUT2D eigenvalue weighted by atomic mass is 14.9. The second kappa shape index (κ2) is 3.93. The van der Waals surface area contributed by atoms with E-state index >= 15 is 0 Å². The van der Waals surface area contributed by atoms with Crippen LogP contribution in [0, 0.1) is 18.3 Å². The average Bonchev–Trinajstić information content (AvgIpc) is 2.61. The molecule has 0 spiro atoms. The Kier molecular flexibility index (Phi) is 2.46. The van der Waals surface area contributed by atoms with E-state index in [1.54, 1.807) is 12.4 Å². The summed E-state index contributed by atoms with van der Waals surface area (Å²) in [7, 11) is 0. The summed E-state index contributed by atoms with van der Waals surface area (Å²) in [6.45, 7) is 1.94. The van der Waals surface area contributed by atoms with Crippen molar-refractivity contribution in [2.45, 2.75) is 13.3 Å². The lowest BCUT2D eigenvalue weighted by atomic mass is 10.2. The quantitative estimate of drug-likeness (QED) is 0.800. The van der Waals surface area contributed by atoms with Gasteiger partial charge in [-0.05, 0) is 19.1 Å². The monoisotopic (exact) mass is 198 g/mol. The predicted octanol–water partition coefficient (Wildman–Crippen LogP) is 1.85. The fraction of sp³-hybridized carbons (Fsp3) is 0.182. The predicted molar refractivity (Wildman–Crippen MR) is 55.9 cm³/mol. The molecule has 4 nitrogen and oxygen atoms in total. The minimum atomic E-state index is 0.307. The Hall–Kier alpha value is -2.15. The van der Waals surface area contributed by atoms with Crippen molar-refractivity contribution >= 4 is 0 Å². The van der Waals surface area contributed by atoms with Crippen LogP contribution in [0.4, 0.5) is 0 Å². The van der Waals surface area contributed by atoms with E-state index in [4.69, 9.17) is 5.26 Å². The largest absolute Gasteiger partial charge is 0.345 e. The van der Waals surface area contributed by atoms with Gasteiger partial charge in [-0.3, -0.25) is 4.98 Å². The van der Waals surface area contributed by atoms with Crippen LogP contribution < -0.4 is 0 Å². The van der Waals surface area contributed by atoms with Crippen LogP contribution in [0.3, 0.4) is 0 Å². The van der Waals surface area contributed by atoms with Crippen LogP contribution >= 0.6 is 0 Å². The normalized spacial score (nSPS) is 9.87. The molecule has 0 bridgehead atoms. The van der Waals surface area contributed by atoms with Gasteiger partial charge in [-0.25, -0.2) is 4.98 Å². The van der Waals surface area contributed by atoms with E-state index in [9.17, 15) is 0 Å². The highest BCUT2D eigenvalue weighted by Gasteiger charge is 2.08. The van der Waals surface area contributed by atoms with Gasteiger partial charge in [-0.1, -0.05) is 0 Å². The maximum atomic E-state index is 8.57. The molecule has 1 N–H and O–H groups in total. The molecule has 4 heteroatoms. The zero-order valence-corrected chi connectivity index (χ0v) is 8.36. The van der Waals surface area contributed by atoms with Gasteiger partial charge in [0.1, 0.15) is 5.82 Å². The van der Waals surface area contributed by atoms with E-state index in [-0.39, 0.29) is 0 Å². The number of rotatable bonds is 2. The smallest absolute Gasteiger partial charge is 0.121 e. The molecule has 74 valence electrons. The van der Waals surface area contributed by atoms with Gasteiger partial charge >= 0.3 is 0 Å². The number of nitrogens with zero attached hydrogens (tertiary/aromatic N) is 3. The van der Waals surface area contributed by atoms with Crippen LogP contribution in [-0.4, -0.2) is 15.0 Å². The van der Waals surface area contributed by atoms with E-state index in [0.717, 1.165) is 17.0 Å². The van der Waals surface area contributed by atoms with Gasteiger partial charge in [-0.2, -0.15) is 5.26 Å². The number of nitrogens with one attached hydrogen (secondary N) is 1. The molecule has 2 aromatic rings. The van der Waals surface area contributed by atoms with E-state index in [1.165, 1.54) is 0 Å². The van der Waals surface area contributed by atoms with E-state index in [1.807, 2.05) is 19.1 Å². The average molecular weight is 198 g/mol. The lowest BCUT2D eigenvalue weighted by molar-refractivity contribution is 1.05. The van der Waals surface area contributed by atoms with Crippen LogP contribution in [0.25, 0.3) is 11.3 Å². The number of hydrogen-bond acceptors (Lipinski definition) is 3. The third kappa shape index (κ3) is 1.86. The van der Waals surface area contributed by atoms with Crippen LogP contribution in [0.15, 0.2) is 24.5 Å². The molecule has 0 saturated heterocycles. The Bertz CT molecular complexity index is 493. The summed E-state index contributed by atoms with van der Waals surface area (Å²) in [5.74, 6) is 0.703. The van der Waals surface area contributed by atoms with Crippen molar-refractivity contribution in [3.63, 3.8) is 0 Å². The van der Waals surface area contributed by atoms with Gasteiger partial charge in [0, 0.05) is 23.7 Å². The van der Waals surface area contributed by atoms with Gasteiger partial charge in [0.05, 0.1) is 18.2 Å². The molecule has 0 unspecified atom stereocenters. The molecule has 0 fully saturated rings. The lowest BCUT2D eigenvalue weighted by Crippen LogP contribution is -1.84. The Morgan fingerprint density at radius 3 is 3.07 bits per heavy atom. The fourth-order valence-electron chi connectivity index (χ4n) is 1.46. The fourth-order valence-corrected chi connectivity index (χ4v) is 1.46. The van der Waals surface area contributed by atoms with E-state index < -0.39 is 0 Å². The first-order valence-electron chi connectivity index (χ1n) is 4.64. The molecule has 0 radical (unpaired) electrons. The number of H-pyrrole nitrogens is 1. The molecule has 2 rings (SSSR count). The zero-order valence-electron chi connectivity index (χ0n) is 8.36. The number of hydrogen-bond donors (Lipinski definition) is 1. The molecule has 15 heavy (non-hydrogen) atoms. The number of imidazole rings is 1. The number of aromatic amines is 1. The van der Waals surface area contributed by atoms with Gasteiger partial charge in [0.25, 0.3) is 0 Å². The first-order valence-corrected chi connectivity index (χ1v) is 4.64. The van der Waals surface area contributed by atoms with Gasteiger partial charge < -0.3 is 4.98 Å². The summed E-state index contributed by atoms with van der Waals surface area (Å²) in [6.07, 6.45) is 3.79. The molecule has 0 aliphatic heterocycles. The lowest BCUT2D eigenvalue weighted by Gasteiger charge is -1.95. The molecule has 0 saturated carbocycles. The second-order valence-corrected chi connectivity index (χ2v) is 3.23.